The minimum absolute atomic E-state index is 0.217. The second-order valence-corrected chi connectivity index (χ2v) is 5.38. The van der Waals surface area contributed by atoms with E-state index in [0.717, 1.165) is 0 Å². The molecule has 0 spiro atoms. The molecular formula is C18H16O3. The van der Waals surface area contributed by atoms with Gasteiger partial charge >= 0.3 is 0 Å². The van der Waals surface area contributed by atoms with Gasteiger partial charge in [0, 0.05) is 5.56 Å². The maximum Gasteiger partial charge on any atom is 0.235 e. The number of aromatic hydroxyl groups is 1. The maximum absolute atomic E-state index is 12.2. The van der Waals surface area contributed by atoms with Gasteiger partial charge in [0.2, 0.25) is 11.2 Å². The molecule has 3 aromatic rings. The van der Waals surface area contributed by atoms with Crippen LogP contribution in [-0.2, 0) is 0 Å². The Balaban J connectivity index is 2.20. The first-order valence-electron chi connectivity index (χ1n) is 6.93. The van der Waals surface area contributed by atoms with Crippen LogP contribution in [0.25, 0.3) is 22.3 Å². The predicted molar refractivity (Wildman–Crippen MR) is 83.7 cm³/mol. The number of rotatable bonds is 2. The Morgan fingerprint density at radius 2 is 1.67 bits per heavy atom. The van der Waals surface area contributed by atoms with E-state index in [4.69, 9.17) is 4.42 Å². The van der Waals surface area contributed by atoms with Crippen LogP contribution in [-0.4, -0.2) is 5.11 Å². The summed E-state index contributed by atoms with van der Waals surface area (Å²) in [5, 5.41) is 10.5. The molecule has 0 saturated carbocycles. The topological polar surface area (TPSA) is 50.4 Å². The van der Waals surface area contributed by atoms with Crippen molar-refractivity contribution in [3.63, 3.8) is 0 Å². The second kappa shape index (κ2) is 5.09. The Hall–Kier alpha value is -2.55. The van der Waals surface area contributed by atoms with Crippen molar-refractivity contribution in [2.45, 2.75) is 19.8 Å². The zero-order valence-electron chi connectivity index (χ0n) is 12.0. The third kappa shape index (κ3) is 2.31. The molecule has 0 amide bonds. The van der Waals surface area contributed by atoms with Gasteiger partial charge in [-0.3, -0.25) is 4.79 Å². The van der Waals surface area contributed by atoms with E-state index >= 15 is 0 Å². The Kier molecular flexibility index (Phi) is 3.26. The summed E-state index contributed by atoms with van der Waals surface area (Å²) in [5.74, 6) is 0.302. The van der Waals surface area contributed by atoms with Gasteiger partial charge < -0.3 is 9.52 Å². The molecule has 106 valence electrons. The minimum atomic E-state index is -0.403. The molecule has 1 heterocycles. The molecule has 0 aliphatic rings. The Bertz CT molecular complexity index is 842. The van der Waals surface area contributed by atoms with Crippen molar-refractivity contribution in [1.82, 2.24) is 0 Å². The highest BCUT2D eigenvalue weighted by molar-refractivity contribution is 5.81. The summed E-state index contributed by atoms with van der Waals surface area (Å²) in [6.07, 6.45) is 0. The van der Waals surface area contributed by atoms with Crippen molar-refractivity contribution < 1.29 is 9.52 Å². The fraction of sp³-hybridized carbons (Fsp3) is 0.167. The van der Waals surface area contributed by atoms with E-state index < -0.39 is 5.43 Å². The van der Waals surface area contributed by atoms with E-state index in [0.29, 0.717) is 22.5 Å². The second-order valence-electron chi connectivity index (χ2n) is 5.38. The van der Waals surface area contributed by atoms with Crippen LogP contribution in [0.3, 0.4) is 0 Å². The lowest BCUT2D eigenvalue weighted by molar-refractivity contribution is 0.449. The summed E-state index contributed by atoms with van der Waals surface area (Å²) in [5.41, 5.74) is 1.96. The van der Waals surface area contributed by atoms with Gasteiger partial charge in [-0.05, 0) is 23.6 Å². The minimum Gasteiger partial charge on any atom is -0.502 e. The van der Waals surface area contributed by atoms with Gasteiger partial charge in [-0.2, -0.15) is 0 Å². The largest absolute Gasteiger partial charge is 0.502 e. The molecule has 0 unspecified atom stereocenters. The van der Waals surface area contributed by atoms with Gasteiger partial charge in [-0.25, -0.2) is 0 Å². The van der Waals surface area contributed by atoms with Crippen LogP contribution in [0.5, 0.6) is 5.75 Å². The van der Waals surface area contributed by atoms with Gasteiger partial charge in [-0.15, -0.1) is 0 Å². The van der Waals surface area contributed by atoms with E-state index in [9.17, 15) is 9.90 Å². The zero-order valence-corrected chi connectivity index (χ0v) is 12.0. The first-order valence-corrected chi connectivity index (χ1v) is 6.93. The molecule has 0 aliphatic carbocycles. The Morgan fingerprint density at radius 3 is 2.33 bits per heavy atom. The molecule has 3 heteroatoms. The lowest BCUT2D eigenvalue weighted by Crippen LogP contribution is -2.02. The molecule has 3 rings (SSSR count). The van der Waals surface area contributed by atoms with Crippen LogP contribution in [0.4, 0.5) is 0 Å². The van der Waals surface area contributed by atoms with Crippen LogP contribution in [0.1, 0.15) is 25.3 Å². The van der Waals surface area contributed by atoms with Crippen molar-refractivity contribution >= 4 is 11.0 Å². The van der Waals surface area contributed by atoms with Gasteiger partial charge in [0.05, 0.1) is 5.39 Å². The summed E-state index contributed by atoms with van der Waals surface area (Å²) in [6.45, 7) is 4.23. The van der Waals surface area contributed by atoms with Crippen molar-refractivity contribution in [3.05, 3.63) is 64.3 Å². The van der Waals surface area contributed by atoms with Gasteiger partial charge in [0.15, 0.2) is 5.76 Å². The SMILES string of the molecule is CC(C)c1ccc(-c2oc3ccccc3c(=O)c2O)cc1. The predicted octanol–water partition coefficient (Wildman–Crippen LogP) is 4.29. The van der Waals surface area contributed by atoms with Gasteiger partial charge in [0.25, 0.3) is 0 Å². The van der Waals surface area contributed by atoms with Crippen molar-refractivity contribution in [1.29, 1.82) is 0 Å². The first-order chi connectivity index (χ1) is 10.1. The molecule has 0 bridgehead atoms. The summed E-state index contributed by atoms with van der Waals surface area (Å²) >= 11 is 0. The fourth-order valence-corrected chi connectivity index (χ4v) is 2.35. The first kappa shape index (κ1) is 13.4. The van der Waals surface area contributed by atoms with E-state index in [1.807, 2.05) is 24.3 Å². The van der Waals surface area contributed by atoms with Crippen molar-refractivity contribution in [2.75, 3.05) is 0 Å². The highest BCUT2D eigenvalue weighted by Crippen LogP contribution is 2.30. The molecule has 2 aromatic carbocycles. The molecule has 1 N–H and O–H groups in total. The third-order valence-corrected chi connectivity index (χ3v) is 3.61. The highest BCUT2D eigenvalue weighted by Gasteiger charge is 2.15. The van der Waals surface area contributed by atoms with E-state index in [1.54, 1.807) is 24.3 Å². The average Bonchev–Trinajstić information content (AvgIpc) is 2.51. The standard InChI is InChI=1S/C18H16O3/c1-11(2)12-7-9-13(10-8-12)18-17(20)16(19)14-5-3-4-6-15(14)21-18/h3-11,20H,1-2H3. The number of benzene rings is 2. The van der Waals surface area contributed by atoms with E-state index in [2.05, 4.69) is 13.8 Å². The summed E-state index contributed by atoms with van der Waals surface area (Å²) < 4.78 is 5.71. The fourth-order valence-electron chi connectivity index (χ4n) is 2.35. The summed E-state index contributed by atoms with van der Waals surface area (Å²) in [4.78, 5) is 12.2. The summed E-state index contributed by atoms with van der Waals surface area (Å²) in [6, 6.07) is 14.6. The number of fused-ring (bicyclic) bond motifs is 1. The van der Waals surface area contributed by atoms with Crippen LogP contribution >= 0.6 is 0 Å². The molecule has 0 atom stereocenters. The van der Waals surface area contributed by atoms with Crippen molar-refractivity contribution in [3.8, 4) is 17.1 Å². The number of para-hydroxylation sites is 1. The van der Waals surface area contributed by atoms with Crippen LogP contribution in [0.2, 0.25) is 0 Å². The van der Waals surface area contributed by atoms with E-state index in [1.165, 1.54) is 5.56 Å². The highest BCUT2D eigenvalue weighted by atomic mass is 16.4. The summed E-state index contributed by atoms with van der Waals surface area (Å²) in [7, 11) is 0. The third-order valence-electron chi connectivity index (χ3n) is 3.61. The number of hydrogen-bond acceptors (Lipinski definition) is 3. The Morgan fingerprint density at radius 1 is 1.00 bits per heavy atom. The normalized spacial score (nSPS) is 11.2. The molecule has 0 radical (unpaired) electrons. The molecule has 0 fully saturated rings. The maximum atomic E-state index is 12.2. The van der Waals surface area contributed by atoms with Crippen LogP contribution in [0.15, 0.2) is 57.7 Å². The van der Waals surface area contributed by atoms with Crippen LogP contribution < -0.4 is 5.43 Å². The van der Waals surface area contributed by atoms with Crippen molar-refractivity contribution in [2.24, 2.45) is 0 Å². The lowest BCUT2D eigenvalue weighted by atomic mass is 10.0. The molecular weight excluding hydrogens is 264 g/mol. The van der Waals surface area contributed by atoms with Gasteiger partial charge in [0.1, 0.15) is 5.58 Å². The van der Waals surface area contributed by atoms with Crippen LogP contribution in [0, 0.1) is 0 Å². The molecule has 1 aromatic heterocycles. The van der Waals surface area contributed by atoms with E-state index in [-0.39, 0.29) is 11.5 Å². The zero-order chi connectivity index (χ0) is 15.0. The molecule has 3 nitrogen and oxygen atoms in total. The number of hydrogen-bond donors (Lipinski definition) is 1. The molecule has 0 aliphatic heterocycles. The molecule has 0 saturated heterocycles. The smallest absolute Gasteiger partial charge is 0.235 e. The lowest BCUT2D eigenvalue weighted by Gasteiger charge is -2.08. The average molecular weight is 280 g/mol. The van der Waals surface area contributed by atoms with Gasteiger partial charge in [-0.1, -0.05) is 50.2 Å². The monoisotopic (exact) mass is 280 g/mol. The quantitative estimate of drug-likeness (QED) is 0.761. The molecule has 21 heavy (non-hydrogen) atoms. The Labute approximate surface area is 122 Å².